The number of hydrogen-bond acceptors (Lipinski definition) is 2. The van der Waals surface area contributed by atoms with Gasteiger partial charge in [0.05, 0.1) is 7.11 Å². The highest BCUT2D eigenvalue weighted by Gasteiger charge is 2.03. The van der Waals surface area contributed by atoms with Crippen molar-refractivity contribution in [3.8, 4) is 5.75 Å². The van der Waals surface area contributed by atoms with Crippen molar-refractivity contribution in [1.29, 1.82) is 0 Å². The lowest BCUT2D eigenvalue weighted by atomic mass is 10.2. The van der Waals surface area contributed by atoms with Gasteiger partial charge in [0.15, 0.2) is 11.6 Å². The number of anilines is 1. The fourth-order valence-electron chi connectivity index (χ4n) is 1.81. The third-order valence-electron chi connectivity index (χ3n) is 3.04. The first-order valence-corrected chi connectivity index (χ1v) is 6.58. The van der Waals surface area contributed by atoms with E-state index in [0.717, 1.165) is 0 Å². The maximum Gasteiger partial charge on any atom is 0.248 e. The van der Waals surface area contributed by atoms with Gasteiger partial charge in [-0.2, -0.15) is 0 Å². The third kappa shape index (κ3) is 3.91. The Balaban J connectivity index is 2.04. The van der Waals surface area contributed by atoms with Gasteiger partial charge >= 0.3 is 0 Å². The summed E-state index contributed by atoms with van der Waals surface area (Å²) < 4.78 is 31.7. The Morgan fingerprint density at radius 2 is 1.91 bits per heavy atom. The van der Waals surface area contributed by atoms with E-state index in [1.165, 1.54) is 37.5 Å². The smallest absolute Gasteiger partial charge is 0.248 e. The molecular formula is C17H15F2NO2. The largest absolute Gasteiger partial charge is 0.494 e. The number of benzene rings is 2. The molecule has 2 aromatic carbocycles. The van der Waals surface area contributed by atoms with E-state index in [-0.39, 0.29) is 11.6 Å². The molecule has 0 aromatic heterocycles. The Bertz CT molecular complexity index is 727. The average molecular weight is 303 g/mol. The second-order valence-electron chi connectivity index (χ2n) is 4.68. The van der Waals surface area contributed by atoms with Crippen LogP contribution in [0, 0.1) is 18.6 Å². The normalized spacial score (nSPS) is 10.7. The summed E-state index contributed by atoms with van der Waals surface area (Å²) in [6.07, 6.45) is 2.71. The molecule has 2 aromatic rings. The molecule has 3 nitrogen and oxygen atoms in total. The molecule has 0 bridgehead atoms. The molecule has 0 unspecified atom stereocenters. The molecule has 0 aliphatic carbocycles. The molecule has 5 heteroatoms. The van der Waals surface area contributed by atoms with Gasteiger partial charge in [0.25, 0.3) is 0 Å². The van der Waals surface area contributed by atoms with Crippen molar-refractivity contribution in [2.45, 2.75) is 6.92 Å². The van der Waals surface area contributed by atoms with Crippen molar-refractivity contribution in [3.05, 3.63) is 65.2 Å². The number of aryl methyl sites for hydroxylation is 1. The molecule has 0 saturated carbocycles. The number of ether oxygens (including phenoxy) is 1. The lowest BCUT2D eigenvalue weighted by molar-refractivity contribution is -0.111. The molecule has 114 valence electrons. The van der Waals surface area contributed by atoms with Crippen molar-refractivity contribution in [3.63, 3.8) is 0 Å². The third-order valence-corrected chi connectivity index (χ3v) is 3.04. The lowest BCUT2D eigenvalue weighted by Gasteiger charge is -2.04. The van der Waals surface area contributed by atoms with Crippen LogP contribution in [0.2, 0.25) is 0 Å². The second-order valence-corrected chi connectivity index (χ2v) is 4.68. The van der Waals surface area contributed by atoms with Gasteiger partial charge in [-0.05, 0) is 48.4 Å². The number of amides is 1. The highest BCUT2D eigenvalue weighted by Crippen LogP contribution is 2.18. The molecular weight excluding hydrogens is 288 g/mol. The first-order chi connectivity index (χ1) is 10.5. The van der Waals surface area contributed by atoms with E-state index in [9.17, 15) is 13.6 Å². The Morgan fingerprint density at radius 1 is 1.14 bits per heavy atom. The van der Waals surface area contributed by atoms with E-state index in [2.05, 4.69) is 5.32 Å². The Hall–Kier alpha value is -2.69. The lowest BCUT2D eigenvalue weighted by Crippen LogP contribution is -2.08. The number of rotatable bonds is 4. The van der Waals surface area contributed by atoms with Crippen LogP contribution in [-0.2, 0) is 4.79 Å². The standard InChI is InChI=1S/C17H15F2NO2/c1-11-3-6-13(10-14(11)18)20-17(21)8-5-12-4-7-16(22-2)15(19)9-12/h3-10H,1-2H3,(H,20,21)/b8-5+. The zero-order chi connectivity index (χ0) is 16.1. The molecule has 0 aliphatic heterocycles. The van der Waals surface area contributed by atoms with Crippen LogP contribution in [0.1, 0.15) is 11.1 Å². The molecule has 0 saturated heterocycles. The zero-order valence-electron chi connectivity index (χ0n) is 12.2. The van der Waals surface area contributed by atoms with E-state index in [0.29, 0.717) is 16.8 Å². The first-order valence-electron chi connectivity index (χ1n) is 6.58. The van der Waals surface area contributed by atoms with Gasteiger partial charge < -0.3 is 10.1 Å². The van der Waals surface area contributed by atoms with Crippen LogP contribution < -0.4 is 10.1 Å². The summed E-state index contributed by atoms with van der Waals surface area (Å²) in [6.45, 7) is 1.64. The molecule has 0 aliphatic rings. The van der Waals surface area contributed by atoms with Crippen LogP contribution in [-0.4, -0.2) is 13.0 Å². The summed E-state index contributed by atoms with van der Waals surface area (Å²) in [5, 5.41) is 2.53. The van der Waals surface area contributed by atoms with Crippen LogP contribution >= 0.6 is 0 Å². The summed E-state index contributed by atoms with van der Waals surface area (Å²) in [4.78, 5) is 11.8. The van der Waals surface area contributed by atoms with Crippen LogP contribution in [0.3, 0.4) is 0 Å². The SMILES string of the molecule is COc1ccc(/C=C/C(=O)Nc2ccc(C)c(F)c2)cc1F. The van der Waals surface area contributed by atoms with Crippen LogP contribution in [0.15, 0.2) is 42.5 Å². The van der Waals surface area contributed by atoms with Gasteiger partial charge in [-0.25, -0.2) is 8.78 Å². The molecule has 2 rings (SSSR count). The number of halogens is 2. The molecule has 22 heavy (non-hydrogen) atoms. The first kappa shape index (κ1) is 15.7. The van der Waals surface area contributed by atoms with Gasteiger partial charge in [-0.15, -0.1) is 0 Å². The van der Waals surface area contributed by atoms with Crippen LogP contribution in [0.5, 0.6) is 5.75 Å². The van der Waals surface area contributed by atoms with Crippen molar-refractivity contribution < 1.29 is 18.3 Å². The van der Waals surface area contributed by atoms with E-state index in [1.807, 2.05) is 0 Å². The number of carbonyl (C=O) groups is 1. The highest BCUT2D eigenvalue weighted by molar-refractivity contribution is 6.01. The van der Waals surface area contributed by atoms with Gasteiger partial charge in [0, 0.05) is 11.8 Å². The number of nitrogens with one attached hydrogen (secondary N) is 1. The van der Waals surface area contributed by atoms with Gasteiger partial charge in [-0.3, -0.25) is 4.79 Å². The Morgan fingerprint density at radius 3 is 2.55 bits per heavy atom. The predicted octanol–water partition coefficient (Wildman–Crippen LogP) is 3.93. The number of methoxy groups -OCH3 is 1. The minimum atomic E-state index is -0.509. The quantitative estimate of drug-likeness (QED) is 0.869. The second kappa shape index (κ2) is 6.85. The maximum absolute atomic E-state index is 13.5. The Labute approximate surface area is 127 Å². The van der Waals surface area contributed by atoms with Gasteiger partial charge in [-0.1, -0.05) is 12.1 Å². The summed E-state index contributed by atoms with van der Waals surface area (Å²) in [7, 11) is 1.38. The van der Waals surface area contributed by atoms with Gasteiger partial charge in [0.2, 0.25) is 5.91 Å². The molecule has 0 radical (unpaired) electrons. The predicted molar refractivity (Wildman–Crippen MR) is 81.8 cm³/mol. The minimum Gasteiger partial charge on any atom is -0.494 e. The maximum atomic E-state index is 13.5. The van der Waals surface area contributed by atoms with Crippen molar-refractivity contribution >= 4 is 17.7 Å². The summed E-state index contributed by atoms with van der Waals surface area (Å²) in [5.74, 6) is -1.19. The highest BCUT2D eigenvalue weighted by atomic mass is 19.1. The van der Waals surface area contributed by atoms with Crippen molar-refractivity contribution in [2.75, 3.05) is 12.4 Å². The molecule has 1 amide bonds. The summed E-state index contributed by atoms with van der Waals surface area (Å²) >= 11 is 0. The van der Waals surface area contributed by atoms with Crippen LogP contribution in [0.4, 0.5) is 14.5 Å². The average Bonchev–Trinajstić information content (AvgIpc) is 2.49. The van der Waals surface area contributed by atoms with E-state index < -0.39 is 11.7 Å². The number of carbonyl (C=O) groups excluding carboxylic acids is 1. The zero-order valence-corrected chi connectivity index (χ0v) is 12.2. The van der Waals surface area contributed by atoms with Gasteiger partial charge in [0.1, 0.15) is 5.82 Å². The van der Waals surface area contributed by atoms with Crippen LogP contribution in [0.25, 0.3) is 6.08 Å². The van der Waals surface area contributed by atoms with E-state index in [4.69, 9.17) is 4.74 Å². The minimum absolute atomic E-state index is 0.136. The monoisotopic (exact) mass is 303 g/mol. The molecule has 1 N–H and O–H groups in total. The topological polar surface area (TPSA) is 38.3 Å². The Kier molecular flexibility index (Phi) is 4.88. The van der Waals surface area contributed by atoms with Crippen molar-refractivity contribution in [1.82, 2.24) is 0 Å². The number of hydrogen-bond donors (Lipinski definition) is 1. The van der Waals surface area contributed by atoms with Crippen molar-refractivity contribution in [2.24, 2.45) is 0 Å². The van der Waals surface area contributed by atoms with E-state index in [1.54, 1.807) is 25.1 Å². The fourth-order valence-corrected chi connectivity index (χ4v) is 1.81. The molecule has 0 heterocycles. The van der Waals surface area contributed by atoms with E-state index >= 15 is 0 Å². The summed E-state index contributed by atoms with van der Waals surface area (Å²) in [6, 6.07) is 8.78. The molecule has 0 spiro atoms. The molecule has 0 fully saturated rings. The molecule has 0 atom stereocenters. The summed E-state index contributed by atoms with van der Waals surface area (Å²) in [5.41, 5.74) is 1.38. The fraction of sp³-hybridized carbons (Fsp3) is 0.118.